The minimum atomic E-state index is -0.846. The van der Waals surface area contributed by atoms with E-state index in [1.807, 2.05) is 13.8 Å². The second-order valence-corrected chi connectivity index (χ2v) is 7.82. The first kappa shape index (κ1) is 21.6. The fourth-order valence-electron chi connectivity index (χ4n) is 2.92. The summed E-state index contributed by atoms with van der Waals surface area (Å²) in [5.74, 6) is -0.488. The van der Waals surface area contributed by atoms with Crippen LogP contribution in [0.4, 0.5) is 5.00 Å². The van der Waals surface area contributed by atoms with Crippen LogP contribution in [0.5, 0.6) is 5.75 Å². The predicted molar refractivity (Wildman–Crippen MR) is 116 cm³/mol. The Morgan fingerprint density at radius 1 is 1.20 bits per heavy atom. The van der Waals surface area contributed by atoms with E-state index in [2.05, 4.69) is 5.32 Å². The summed E-state index contributed by atoms with van der Waals surface area (Å²) in [5.41, 5.74) is 1.08. The van der Waals surface area contributed by atoms with Crippen LogP contribution in [-0.2, 0) is 16.0 Å². The van der Waals surface area contributed by atoms with E-state index in [0.717, 1.165) is 22.2 Å². The molecular weight excluding hydrogens is 406 g/mol. The molecule has 30 heavy (non-hydrogen) atoms. The molecule has 0 radical (unpaired) electrons. The Labute approximate surface area is 177 Å². The number of esters is 1. The maximum Gasteiger partial charge on any atom is 0.341 e. The molecule has 3 rings (SSSR count). The molecule has 1 atom stereocenters. The lowest BCUT2D eigenvalue weighted by molar-refractivity contribution is -0.122. The summed E-state index contributed by atoms with van der Waals surface area (Å²) in [4.78, 5) is 37.4. The summed E-state index contributed by atoms with van der Waals surface area (Å²) < 4.78 is 16.0. The number of benzene rings is 1. The smallest absolute Gasteiger partial charge is 0.341 e. The molecule has 158 valence electrons. The molecule has 0 bridgehead atoms. The van der Waals surface area contributed by atoms with Crippen molar-refractivity contribution in [1.82, 2.24) is 0 Å². The number of anilines is 1. The van der Waals surface area contributed by atoms with Crippen molar-refractivity contribution >= 4 is 39.2 Å². The lowest BCUT2D eigenvalue weighted by Gasteiger charge is -2.15. The first-order valence-corrected chi connectivity index (χ1v) is 10.5. The van der Waals surface area contributed by atoms with Crippen molar-refractivity contribution in [2.24, 2.45) is 0 Å². The van der Waals surface area contributed by atoms with Gasteiger partial charge < -0.3 is 19.2 Å². The Bertz CT molecular complexity index is 1150. The van der Waals surface area contributed by atoms with Gasteiger partial charge in [0.25, 0.3) is 5.91 Å². The second-order valence-electron chi connectivity index (χ2n) is 6.69. The predicted octanol–water partition coefficient (Wildman–Crippen LogP) is 4.31. The van der Waals surface area contributed by atoms with Crippen LogP contribution in [0.3, 0.4) is 0 Å². The topological polar surface area (TPSA) is 94.8 Å². The number of fused-ring (bicyclic) bond motifs is 1. The quantitative estimate of drug-likeness (QED) is 0.444. The molecule has 2 heterocycles. The van der Waals surface area contributed by atoms with Crippen molar-refractivity contribution in [2.45, 2.75) is 40.2 Å². The molecule has 0 saturated heterocycles. The van der Waals surface area contributed by atoms with Crippen molar-refractivity contribution in [1.29, 1.82) is 0 Å². The van der Waals surface area contributed by atoms with Gasteiger partial charge in [-0.2, -0.15) is 0 Å². The molecule has 0 aliphatic rings. The normalized spacial score (nSPS) is 11.9. The number of amides is 1. The van der Waals surface area contributed by atoms with Crippen molar-refractivity contribution in [3.63, 3.8) is 0 Å². The lowest BCUT2D eigenvalue weighted by atomic mass is 10.1. The highest BCUT2D eigenvalue weighted by Crippen LogP contribution is 2.30. The van der Waals surface area contributed by atoms with Gasteiger partial charge in [0, 0.05) is 22.4 Å². The number of ether oxygens (including phenoxy) is 2. The van der Waals surface area contributed by atoms with E-state index < -0.39 is 23.6 Å². The molecule has 7 nitrogen and oxygen atoms in total. The third-order valence-corrected chi connectivity index (χ3v) is 5.66. The van der Waals surface area contributed by atoms with Gasteiger partial charge in [0.2, 0.25) is 0 Å². The van der Waals surface area contributed by atoms with E-state index >= 15 is 0 Å². The summed E-state index contributed by atoms with van der Waals surface area (Å²) >= 11 is 1.33. The number of carbonyl (C=O) groups is 2. The first-order chi connectivity index (χ1) is 14.3. The first-order valence-electron chi connectivity index (χ1n) is 9.64. The van der Waals surface area contributed by atoms with Gasteiger partial charge in [-0.1, -0.05) is 6.92 Å². The fraction of sp³-hybridized carbons (Fsp3) is 0.318. The standard InChI is InChI=1S/C22H23NO6S/c1-5-15-11-17(22(26)27-6-2)21(30-15)23-20(25)13(4)28-14-7-8-16-12(3)9-19(24)29-18(16)10-14/h7-11,13H,5-6H2,1-4H3,(H,23,25). The maximum atomic E-state index is 12.7. The largest absolute Gasteiger partial charge is 0.481 e. The summed E-state index contributed by atoms with van der Waals surface area (Å²) in [6.45, 7) is 7.37. The van der Waals surface area contributed by atoms with Gasteiger partial charge in [-0.15, -0.1) is 11.3 Å². The minimum absolute atomic E-state index is 0.251. The number of rotatable bonds is 7. The van der Waals surface area contributed by atoms with E-state index in [9.17, 15) is 14.4 Å². The van der Waals surface area contributed by atoms with Crippen molar-refractivity contribution in [2.75, 3.05) is 11.9 Å². The van der Waals surface area contributed by atoms with Gasteiger partial charge in [0.1, 0.15) is 16.3 Å². The third-order valence-electron chi connectivity index (χ3n) is 4.47. The zero-order valence-electron chi connectivity index (χ0n) is 17.2. The number of nitrogens with one attached hydrogen (secondary N) is 1. The number of carbonyl (C=O) groups excluding carboxylic acids is 2. The van der Waals surface area contributed by atoms with Gasteiger partial charge >= 0.3 is 11.6 Å². The van der Waals surface area contributed by atoms with Crippen LogP contribution in [0.1, 0.15) is 41.6 Å². The van der Waals surface area contributed by atoms with Crippen LogP contribution in [0.2, 0.25) is 0 Å². The zero-order valence-corrected chi connectivity index (χ0v) is 18.1. The number of aryl methyl sites for hydroxylation is 2. The molecule has 3 aromatic rings. The maximum absolute atomic E-state index is 12.7. The van der Waals surface area contributed by atoms with E-state index in [1.165, 1.54) is 17.4 Å². The molecule has 0 aliphatic carbocycles. The average Bonchev–Trinajstić information content (AvgIpc) is 3.10. The van der Waals surface area contributed by atoms with E-state index in [4.69, 9.17) is 13.9 Å². The van der Waals surface area contributed by atoms with Gasteiger partial charge in [0.15, 0.2) is 6.10 Å². The molecule has 0 spiro atoms. The number of hydrogen-bond donors (Lipinski definition) is 1. The molecule has 1 unspecified atom stereocenters. The second kappa shape index (κ2) is 9.13. The average molecular weight is 429 g/mol. The van der Waals surface area contributed by atoms with Crippen LogP contribution >= 0.6 is 11.3 Å². The van der Waals surface area contributed by atoms with Crippen molar-refractivity contribution in [3.8, 4) is 5.75 Å². The van der Waals surface area contributed by atoms with Crippen LogP contribution in [-0.4, -0.2) is 24.6 Å². The highest BCUT2D eigenvalue weighted by molar-refractivity contribution is 7.16. The van der Waals surface area contributed by atoms with Crippen LogP contribution in [0, 0.1) is 6.92 Å². The monoisotopic (exact) mass is 429 g/mol. The molecular formula is C22H23NO6S. The van der Waals surface area contributed by atoms with Crippen LogP contribution < -0.4 is 15.7 Å². The van der Waals surface area contributed by atoms with Crippen LogP contribution in [0.25, 0.3) is 11.0 Å². The molecule has 1 amide bonds. The summed E-state index contributed by atoms with van der Waals surface area (Å²) in [5, 5.41) is 3.99. The van der Waals surface area contributed by atoms with E-state index in [-0.39, 0.29) is 6.61 Å². The molecule has 2 aromatic heterocycles. The number of hydrogen-bond acceptors (Lipinski definition) is 7. The third kappa shape index (κ3) is 4.71. The van der Waals surface area contributed by atoms with Gasteiger partial charge in [-0.25, -0.2) is 9.59 Å². The Morgan fingerprint density at radius 2 is 1.97 bits per heavy atom. The molecule has 1 N–H and O–H groups in total. The molecule has 0 fully saturated rings. The van der Waals surface area contributed by atoms with E-state index in [1.54, 1.807) is 38.1 Å². The summed E-state index contributed by atoms with van der Waals surface area (Å²) in [7, 11) is 0. The Kier molecular flexibility index (Phi) is 6.56. The van der Waals surface area contributed by atoms with Gasteiger partial charge in [0.05, 0.1) is 12.2 Å². The molecule has 8 heteroatoms. The summed E-state index contributed by atoms with van der Waals surface area (Å²) in [6, 6.07) is 8.23. The SMILES string of the molecule is CCOC(=O)c1cc(CC)sc1NC(=O)C(C)Oc1ccc2c(C)cc(=O)oc2c1. The number of thiophene rings is 1. The van der Waals surface area contributed by atoms with Gasteiger partial charge in [-0.3, -0.25) is 4.79 Å². The Balaban J connectivity index is 1.77. The lowest BCUT2D eigenvalue weighted by Crippen LogP contribution is -2.30. The van der Waals surface area contributed by atoms with Gasteiger partial charge in [-0.05, 0) is 51.0 Å². The Morgan fingerprint density at radius 3 is 2.67 bits per heavy atom. The van der Waals surface area contributed by atoms with Crippen molar-refractivity contribution < 1.29 is 23.5 Å². The summed E-state index contributed by atoms with van der Waals surface area (Å²) in [6.07, 6.45) is -0.109. The van der Waals surface area contributed by atoms with E-state index in [0.29, 0.717) is 21.9 Å². The highest BCUT2D eigenvalue weighted by atomic mass is 32.1. The minimum Gasteiger partial charge on any atom is -0.481 e. The zero-order chi connectivity index (χ0) is 21.8. The molecule has 0 saturated carbocycles. The molecule has 0 aliphatic heterocycles. The highest BCUT2D eigenvalue weighted by Gasteiger charge is 2.22. The van der Waals surface area contributed by atoms with Crippen LogP contribution in [0.15, 0.2) is 39.5 Å². The molecule has 1 aromatic carbocycles. The Hall–Kier alpha value is -3.13. The van der Waals surface area contributed by atoms with Crippen molar-refractivity contribution in [3.05, 3.63) is 56.8 Å². The fourth-order valence-corrected chi connectivity index (χ4v) is 3.91.